The third-order valence-corrected chi connectivity index (χ3v) is 5.68. The Morgan fingerprint density at radius 1 is 1.00 bits per heavy atom. The van der Waals surface area contributed by atoms with Gasteiger partial charge in [0.15, 0.2) is 18.1 Å². The molecule has 0 atom stereocenters. The van der Waals surface area contributed by atoms with Crippen LogP contribution in [0.1, 0.15) is 46.8 Å². The lowest BCUT2D eigenvalue weighted by Gasteiger charge is -2.24. The number of fused-ring (bicyclic) bond motifs is 1. The number of carboxylic acids is 1. The summed E-state index contributed by atoms with van der Waals surface area (Å²) in [6, 6.07) is 16.3. The van der Waals surface area contributed by atoms with Gasteiger partial charge < -0.3 is 24.2 Å². The van der Waals surface area contributed by atoms with Crippen molar-refractivity contribution in [1.29, 1.82) is 0 Å². The topological polar surface area (TPSA) is 85.3 Å². The van der Waals surface area contributed by atoms with Crippen molar-refractivity contribution in [2.45, 2.75) is 32.9 Å². The van der Waals surface area contributed by atoms with Crippen molar-refractivity contribution >= 4 is 11.9 Å². The quantitative estimate of drug-likeness (QED) is 0.466. The summed E-state index contributed by atoms with van der Waals surface area (Å²) in [6.45, 7) is 4.05. The molecule has 0 radical (unpaired) electrons. The van der Waals surface area contributed by atoms with E-state index in [-0.39, 0.29) is 49.6 Å². The van der Waals surface area contributed by atoms with Crippen molar-refractivity contribution in [3.05, 3.63) is 88.7 Å². The minimum absolute atomic E-state index is 0.00329. The Balaban J connectivity index is 1.53. The van der Waals surface area contributed by atoms with Gasteiger partial charge in [0.05, 0.1) is 0 Å². The zero-order valence-corrected chi connectivity index (χ0v) is 19.5. The van der Waals surface area contributed by atoms with Gasteiger partial charge in [-0.05, 0) is 59.0 Å². The van der Waals surface area contributed by atoms with Crippen LogP contribution in [0.4, 0.5) is 4.39 Å². The van der Waals surface area contributed by atoms with E-state index in [1.165, 1.54) is 17.0 Å². The Hall–Kier alpha value is -4.07. The van der Waals surface area contributed by atoms with Gasteiger partial charge in [-0.25, -0.2) is 9.18 Å². The first-order valence-corrected chi connectivity index (χ1v) is 11.2. The van der Waals surface area contributed by atoms with E-state index in [0.717, 1.165) is 11.1 Å². The Labute approximate surface area is 202 Å². The first kappa shape index (κ1) is 24.1. The van der Waals surface area contributed by atoms with Gasteiger partial charge in [0.2, 0.25) is 6.79 Å². The summed E-state index contributed by atoms with van der Waals surface area (Å²) in [4.78, 5) is 26.5. The Morgan fingerprint density at radius 3 is 2.46 bits per heavy atom. The van der Waals surface area contributed by atoms with E-state index in [2.05, 4.69) is 0 Å². The fourth-order valence-corrected chi connectivity index (χ4v) is 3.78. The van der Waals surface area contributed by atoms with Crippen LogP contribution in [0.25, 0.3) is 0 Å². The fraction of sp³-hybridized carbons (Fsp3) is 0.259. The number of nitrogens with zero attached hydrogens (tertiary/aromatic N) is 1. The zero-order chi connectivity index (χ0) is 24.9. The molecule has 0 bridgehead atoms. The molecule has 8 heteroatoms. The lowest BCUT2D eigenvalue weighted by Crippen LogP contribution is -2.34. The molecule has 0 saturated heterocycles. The van der Waals surface area contributed by atoms with E-state index in [9.17, 15) is 19.1 Å². The number of hydrogen-bond donors (Lipinski definition) is 1. The minimum Gasteiger partial charge on any atom is -0.483 e. The minimum atomic E-state index is -1.13. The van der Waals surface area contributed by atoms with E-state index in [1.807, 2.05) is 19.9 Å². The van der Waals surface area contributed by atoms with Gasteiger partial charge >= 0.3 is 5.97 Å². The van der Waals surface area contributed by atoms with Crippen molar-refractivity contribution in [2.75, 3.05) is 13.4 Å². The number of aromatic carboxylic acids is 1. The second-order valence-corrected chi connectivity index (χ2v) is 8.57. The van der Waals surface area contributed by atoms with E-state index in [4.69, 9.17) is 14.2 Å². The molecule has 0 spiro atoms. The number of amides is 1. The van der Waals surface area contributed by atoms with E-state index in [0.29, 0.717) is 17.1 Å². The standard InChI is InChI=1S/C27H26FNO6/c1-17(2)20-7-9-23(22(12-20)27(31)32)33-15-26(30)29(13-18-4-3-5-21(28)10-18)14-19-6-8-24-25(11-19)35-16-34-24/h3-12,17H,13-16H2,1-2H3,(H,31,32). The molecule has 0 aromatic heterocycles. The highest BCUT2D eigenvalue weighted by Crippen LogP contribution is 2.33. The van der Waals surface area contributed by atoms with Crippen LogP contribution in [0, 0.1) is 5.82 Å². The fourth-order valence-electron chi connectivity index (χ4n) is 3.78. The molecule has 4 rings (SSSR count). The maximum absolute atomic E-state index is 13.8. The predicted molar refractivity (Wildman–Crippen MR) is 126 cm³/mol. The highest BCUT2D eigenvalue weighted by molar-refractivity contribution is 5.91. The Bertz CT molecular complexity index is 1240. The monoisotopic (exact) mass is 479 g/mol. The number of ether oxygens (including phenoxy) is 3. The van der Waals surface area contributed by atoms with Gasteiger partial charge in [0.25, 0.3) is 5.91 Å². The number of hydrogen-bond acceptors (Lipinski definition) is 5. The average molecular weight is 480 g/mol. The van der Waals surface area contributed by atoms with Crippen LogP contribution >= 0.6 is 0 Å². The lowest BCUT2D eigenvalue weighted by atomic mass is 10.0. The number of rotatable bonds is 9. The van der Waals surface area contributed by atoms with Crippen LogP contribution in [0.15, 0.2) is 60.7 Å². The normalized spacial score (nSPS) is 12.0. The van der Waals surface area contributed by atoms with Crippen molar-refractivity contribution in [2.24, 2.45) is 0 Å². The van der Waals surface area contributed by atoms with Crippen molar-refractivity contribution < 1.29 is 33.3 Å². The van der Waals surface area contributed by atoms with Crippen LogP contribution in [0.3, 0.4) is 0 Å². The molecule has 0 aliphatic carbocycles. The molecule has 0 saturated carbocycles. The summed E-state index contributed by atoms with van der Waals surface area (Å²) in [5.74, 6) is -0.427. The SMILES string of the molecule is CC(C)c1ccc(OCC(=O)N(Cc2cccc(F)c2)Cc2ccc3c(c2)OCO3)c(C(=O)O)c1. The third-order valence-electron chi connectivity index (χ3n) is 5.68. The third kappa shape index (κ3) is 5.90. The summed E-state index contributed by atoms with van der Waals surface area (Å²) < 4.78 is 30.2. The van der Waals surface area contributed by atoms with Gasteiger partial charge in [0.1, 0.15) is 17.1 Å². The van der Waals surface area contributed by atoms with Crippen molar-refractivity contribution in [3.8, 4) is 17.2 Å². The molecule has 1 aliphatic rings. The molecule has 182 valence electrons. The molecule has 7 nitrogen and oxygen atoms in total. The first-order chi connectivity index (χ1) is 16.8. The molecule has 35 heavy (non-hydrogen) atoms. The largest absolute Gasteiger partial charge is 0.483 e. The van der Waals surface area contributed by atoms with Crippen LogP contribution in [0.5, 0.6) is 17.2 Å². The molecule has 1 heterocycles. The first-order valence-electron chi connectivity index (χ1n) is 11.2. The Kier molecular flexibility index (Phi) is 7.19. The van der Waals surface area contributed by atoms with Crippen LogP contribution < -0.4 is 14.2 Å². The maximum atomic E-state index is 13.8. The number of carbonyl (C=O) groups excluding carboxylic acids is 1. The van der Waals surface area contributed by atoms with Gasteiger partial charge in [-0.2, -0.15) is 0 Å². The second kappa shape index (κ2) is 10.5. The lowest BCUT2D eigenvalue weighted by molar-refractivity contribution is -0.134. The molecular formula is C27H26FNO6. The molecule has 1 N–H and O–H groups in total. The zero-order valence-electron chi connectivity index (χ0n) is 19.5. The predicted octanol–water partition coefficient (Wildman–Crippen LogP) is 4.98. The number of carbonyl (C=O) groups is 2. The summed E-state index contributed by atoms with van der Waals surface area (Å²) in [5.41, 5.74) is 2.27. The average Bonchev–Trinajstić information content (AvgIpc) is 3.30. The molecule has 0 fully saturated rings. The molecular weight excluding hydrogens is 453 g/mol. The molecule has 3 aromatic rings. The highest BCUT2D eigenvalue weighted by atomic mass is 19.1. The Morgan fingerprint density at radius 2 is 1.74 bits per heavy atom. The highest BCUT2D eigenvalue weighted by Gasteiger charge is 2.20. The number of halogens is 1. The summed E-state index contributed by atoms with van der Waals surface area (Å²) in [6.07, 6.45) is 0. The van der Waals surface area contributed by atoms with E-state index < -0.39 is 11.8 Å². The summed E-state index contributed by atoms with van der Waals surface area (Å²) in [5, 5.41) is 9.61. The second-order valence-electron chi connectivity index (χ2n) is 8.57. The van der Waals surface area contributed by atoms with Gasteiger partial charge in [-0.15, -0.1) is 0 Å². The van der Waals surface area contributed by atoms with Crippen LogP contribution in [-0.2, 0) is 17.9 Å². The maximum Gasteiger partial charge on any atom is 0.339 e. The summed E-state index contributed by atoms with van der Waals surface area (Å²) >= 11 is 0. The van der Waals surface area contributed by atoms with E-state index in [1.54, 1.807) is 42.5 Å². The van der Waals surface area contributed by atoms with Gasteiger partial charge in [0, 0.05) is 13.1 Å². The van der Waals surface area contributed by atoms with Gasteiger partial charge in [-0.3, -0.25) is 4.79 Å². The number of carboxylic acid groups (broad SMARTS) is 1. The molecule has 1 aliphatic heterocycles. The van der Waals surface area contributed by atoms with Crippen LogP contribution in [0.2, 0.25) is 0 Å². The van der Waals surface area contributed by atoms with E-state index >= 15 is 0 Å². The smallest absolute Gasteiger partial charge is 0.339 e. The molecule has 3 aromatic carbocycles. The van der Waals surface area contributed by atoms with Gasteiger partial charge in [-0.1, -0.05) is 38.1 Å². The molecule has 0 unspecified atom stereocenters. The van der Waals surface area contributed by atoms with Crippen molar-refractivity contribution in [3.63, 3.8) is 0 Å². The molecule has 1 amide bonds. The summed E-state index contributed by atoms with van der Waals surface area (Å²) in [7, 11) is 0. The van der Waals surface area contributed by atoms with Crippen LogP contribution in [-0.4, -0.2) is 35.3 Å². The number of benzene rings is 3. The van der Waals surface area contributed by atoms with Crippen molar-refractivity contribution in [1.82, 2.24) is 4.90 Å².